The van der Waals surface area contributed by atoms with Crippen LogP contribution in [0.2, 0.25) is 0 Å². The Bertz CT molecular complexity index is 603. The molecule has 2 aromatic heterocycles. The smallest absolute Gasteiger partial charge is 0.315 e. The topological polar surface area (TPSA) is 57.5 Å². The minimum absolute atomic E-state index is 0.0291. The molecule has 1 fully saturated rings. The number of carbonyl (C=O) groups is 1. The lowest BCUT2D eigenvalue weighted by Crippen LogP contribution is -2.43. The van der Waals surface area contributed by atoms with E-state index in [9.17, 15) is 9.18 Å². The Balaban J connectivity index is 1.44. The van der Waals surface area contributed by atoms with Gasteiger partial charge in [0.25, 0.3) is 0 Å². The number of amides is 2. The Kier molecular flexibility index (Phi) is 5.30. The molecule has 1 aliphatic heterocycles. The lowest BCUT2D eigenvalue weighted by molar-refractivity contribution is 0.219. The van der Waals surface area contributed by atoms with E-state index in [0.717, 1.165) is 6.54 Å². The molecule has 3 heterocycles. The summed E-state index contributed by atoms with van der Waals surface area (Å²) in [5, 5.41) is 7.57. The quantitative estimate of drug-likeness (QED) is 0.852. The van der Waals surface area contributed by atoms with Gasteiger partial charge in [0.2, 0.25) is 0 Å². The first-order valence-electron chi connectivity index (χ1n) is 7.65. The highest BCUT2D eigenvalue weighted by Crippen LogP contribution is 2.23. The molecule has 0 bridgehead atoms. The van der Waals surface area contributed by atoms with Crippen LogP contribution in [-0.4, -0.2) is 36.2 Å². The summed E-state index contributed by atoms with van der Waals surface area (Å²) in [7, 11) is 0. The monoisotopic (exact) mass is 337 g/mol. The van der Waals surface area contributed by atoms with Gasteiger partial charge in [-0.3, -0.25) is 4.90 Å². The first-order chi connectivity index (χ1) is 11.2. The summed E-state index contributed by atoms with van der Waals surface area (Å²) in [6.45, 7) is 1.95. The number of nitrogens with zero attached hydrogens (tertiary/aromatic N) is 1. The van der Waals surface area contributed by atoms with Gasteiger partial charge in [-0.2, -0.15) is 0 Å². The minimum atomic E-state index is -0.826. The van der Waals surface area contributed by atoms with Crippen molar-refractivity contribution >= 4 is 17.4 Å². The van der Waals surface area contributed by atoms with Crippen molar-refractivity contribution in [2.75, 3.05) is 13.1 Å². The first-order valence-corrected chi connectivity index (χ1v) is 8.53. The summed E-state index contributed by atoms with van der Waals surface area (Å²) in [5.74, 6) is 0.698. The van der Waals surface area contributed by atoms with E-state index in [2.05, 4.69) is 21.6 Å². The second kappa shape index (κ2) is 7.61. The third-order valence-corrected chi connectivity index (χ3v) is 4.78. The van der Waals surface area contributed by atoms with Crippen LogP contribution in [0.15, 0.2) is 40.3 Å². The Labute approximate surface area is 138 Å². The fourth-order valence-electron chi connectivity index (χ4n) is 2.78. The van der Waals surface area contributed by atoms with Gasteiger partial charge in [0.15, 0.2) is 0 Å². The number of nitrogens with one attached hydrogen (secondary N) is 2. The highest BCUT2D eigenvalue weighted by atomic mass is 32.1. The van der Waals surface area contributed by atoms with Crippen LogP contribution in [0, 0.1) is 0 Å². The highest BCUT2D eigenvalue weighted by Gasteiger charge is 2.32. The third kappa shape index (κ3) is 4.56. The molecule has 0 aromatic carbocycles. The van der Waals surface area contributed by atoms with Crippen molar-refractivity contribution in [1.29, 1.82) is 0 Å². The Morgan fingerprint density at radius 1 is 1.39 bits per heavy atom. The van der Waals surface area contributed by atoms with Crippen LogP contribution >= 0.6 is 11.3 Å². The van der Waals surface area contributed by atoms with E-state index in [4.69, 9.17) is 4.42 Å². The Morgan fingerprint density at radius 3 is 3.04 bits per heavy atom. The van der Waals surface area contributed by atoms with E-state index in [1.54, 1.807) is 29.7 Å². The highest BCUT2D eigenvalue weighted by molar-refractivity contribution is 7.09. The maximum absolute atomic E-state index is 13.7. The number of hydrogen-bond acceptors (Lipinski definition) is 4. The van der Waals surface area contributed by atoms with E-state index in [1.807, 2.05) is 11.4 Å². The number of thiophene rings is 1. The van der Waals surface area contributed by atoms with Crippen molar-refractivity contribution < 1.29 is 13.6 Å². The van der Waals surface area contributed by atoms with Crippen molar-refractivity contribution in [3.8, 4) is 0 Å². The molecular formula is C16H20FN3O2S. The average molecular weight is 337 g/mol. The zero-order chi connectivity index (χ0) is 16.1. The van der Waals surface area contributed by atoms with E-state index >= 15 is 0 Å². The zero-order valence-electron chi connectivity index (χ0n) is 12.7. The Hall–Kier alpha value is -1.86. The fraction of sp³-hybridized carbons (Fsp3) is 0.438. The normalized spacial score (nSPS) is 21.4. The summed E-state index contributed by atoms with van der Waals surface area (Å²) in [6.07, 6.45) is 1.20. The molecule has 0 unspecified atom stereocenters. The predicted octanol–water partition coefficient (Wildman–Crippen LogP) is 2.75. The standard InChI is InChI=1S/C16H20FN3O2S/c17-12-7-13(20(10-12)11-15-4-2-6-23-15)8-18-16(21)19-9-14-3-1-5-22-14/h1-6,12-13H,7-11H2,(H2,18,19,21)/t12-,13-/m0/s1. The average Bonchev–Trinajstić information content (AvgIpc) is 3.26. The molecule has 5 nitrogen and oxygen atoms in total. The van der Waals surface area contributed by atoms with Gasteiger partial charge < -0.3 is 15.1 Å². The van der Waals surface area contributed by atoms with Gasteiger partial charge in [0, 0.05) is 30.6 Å². The van der Waals surface area contributed by atoms with Crippen LogP contribution in [-0.2, 0) is 13.1 Å². The van der Waals surface area contributed by atoms with Gasteiger partial charge in [-0.25, -0.2) is 9.18 Å². The van der Waals surface area contributed by atoms with Gasteiger partial charge >= 0.3 is 6.03 Å². The third-order valence-electron chi connectivity index (χ3n) is 3.92. The number of alkyl halides is 1. The molecule has 124 valence electrons. The summed E-state index contributed by atoms with van der Waals surface area (Å²) < 4.78 is 18.9. The molecular weight excluding hydrogens is 317 g/mol. The Morgan fingerprint density at radius 2 is 2.30 bits per heavy atom. The zero-order valence-corrected chi connectivity index (χ0v) is 13.5. The van der Waals surface area contributed by atoms with Crippen LogP contribution in [0.1, 0.15) is 17.1 Å². The van der Waals surface area contributed by atoms with E-state index in [1.165, 1.54) is 4.88 Å². The van der Waals surface area contributed by atoms with E-state index in [-0.39, 0.29) is 12.1 Å². The number of furan rings is 1. The summed E-state index contributed by atoms with van der Waals surface area (Å²) in [5.41, 5.74) is 0. The second-order valence-corrected chi connectivity index (χ2v) is 6.67. The number of likely N-dealkylation sites (tertiary alicyclic amines) is 1. The number of urea groups is 1. The molecule has 3 rings (SSSR count). The first kappa shape index (κ1) is 16.0. The van der Waals surface area contributed by atoms with Gasteiger partial charge in [0.1, 0.15) is 11.9 Å². The molecule has 1 aliphatic rings. The van der Waals surface area contributed by atoms with Crippen molar-refractivity contribution in [2.45, 2.75) is 31.7 Å². The summed E-state index contributed by atoms with van der Waals surface area (Å²) in [6, 6.07) is 7.39. The molecule has 7 heteroatoms. The number of rotatable bonds is 6. The molecule has 0 spiro atoms. The number of halogens is 1. The van der Waals surface area contributed by atoms with Crippen molar-refractivity contribution in [2.24, 2.45) is 0 Å². The lowest BCUT2D eigenvalue weighted by atomic mass is 10.2. The van der Waals surface area contributed by atoms with Crippen molar-refractivity contribution in [3.05, 3.63) is 46.5 Å². The summed E-state index contributed by atoms with van der Waals surface area (Å²) >= 11 is 1.67. The van der Waals surface area contributed by atoms with Crippen LogP contribution in [0.3, 0.4) is 0 Å². The van der Waals surface area contributed by atoms with Gasteiger partial charge in [-0.1, -0.05) is 6.07 Å². The summed E-state index contributed by atoms with van der Waals surface area (Å²) in [4.78, 5) is 15.1. The maximum Gasteiger partial charge on any atom is 0.315 e. The van der Waals surface area contributed by atoms with E-state index < -0.39 is 6.17 Å². The van der Waals surface area contributed by atoms with Crippen molar-refractivity contribution in [1.82, 2.24) is 15.5 Å². The molecule has 1 saturated heterocycles. The van der Waals surface area contributed by atoms with Crippen LogP contribution in [0.5, 0.6) is 0 Å². The second-order valence-electron chi connectivity index (χ2n) is 5.64. The van der Waals surface area contributed by atoms with Gasteiger partial charge in [-0.15, -0.1) is 11.3 Å². The van der Waals surface area contributed by atoms with Crippen molar-refractivity contribution in [3.63, 3.8) is 0 Å². The largest absolute Gasteiger partial charge is 0.467 e. The molecule has 2 atom stereocenters. The van der Waals surface area contributed by atoms with Crippen LogP contribution in [0.25, 0.3) is 0 Å². The number of hydrogen-bond donors (Lipinski definition) is 2. The molecule has 2 amide bonds. The SMILES string of the molecule is O=C(NCc1ccco1)NC[C@@H]1C[C@H](F)CN1Cc1cccs1. The fourth-order valence-corrected chi connectivity index (χ4v) is 3.51. The maximum atomic E-state index is 13.7. The molecule has 23 heavy (non-hydrogen) atoms. The predicted molar refractivity (Wildman–Crippen MR) is 87.0 cm³/mol. The molecule has 0 radical (unpaired) electrons. The van der Waals surface area contributed by atoms with Gasteiger partial charge in [0.05, 0.1) is 12.8 Å². The molecule has 2 aromatic rings. The van der Waals surface area contributed by atoms with Gasteiger partial charge in [-0.05, 0) is 30.0 Å². The van der Waals surface area contributed by atoms with Crippen LogP contribution < -0.4 is 10.6 Å². The minimum Gasteiger partial charge on any atom is -0.467 e. The molecule has 0 saturated carbocycles. The molecule has 0 aliphatic carbocycles. The van der Waals surface area contributed by atoms with E-state index in [0.29, 0.717) is 31.8 Å². The number of carbonyl (C=O) groups excluding carboxylic acids is 1. The van der Waals surface area contributed by atoms with Crippen LogP contribution in [0.4, 0.5) is 9.18 Å². The molecule has 2 N–H and O–H groups in total. The lowest BCUT2D eigenvalue weighted by Gasteiger charge is -2.23.